The summed E-state index contributed by atoms with van der Waals surface area (Å²) in [6, 6.07) is 10.6. The van der Waals surface area contributed by atoms with Crippen LogP contribution in [0.5, 0.6) is 0 Å². The van der Waals surface area contributed by atoms with Crippen molar-refractivity contribution in [2.75, 3.05) is 19.8 Å². The van der Waals surface area contributed by atoms with Crippen molar-refractivity contribution in [1.29, 1.82) is 0 Å². The molecule has 1 fully saturated rings. The van der Waals surface area contributed by atoms with Gasteiger partial charge in [0, 0.05) is 25.2 Å². The van der Waals surface area contributed by atoms with E-state index < -0.39 is 0 Å². The third-order valence-electron chi connectivity index (χ3n) is 3.14. The Bertz CT molecular complexity index is 371. The number of ether oxygens (including phenoxy) is 1. The molecule has 1 aromatic rings. The van der Waals surface area contributed by atoms with Crippen molar-refractivity contribution < 1.29 is 4.74 Å². The van der Waals surface area contributed by atoms with E-state index in [0.29, 0.717) is 5.92 Å². The van der Waals surface area contributed by atoms with Crippen LogP contribution in [0.25, 0.3) is 0 Å². The molecule has 3 rings (SSSR count). The van der Waals surface area contributed by atoms with E-state index in [0.717, 1.165) is 26.3 Å². The molecule has 2 nitrogen and oxygen atoms in total. The fourth-order valence-corrected chi connectivity index (χ4v) is 2.35. The molecule has 0 aliphatic carbocycles. The monoisotopic (exact) mass is 201 g/mol. The van der Waals surface area contributed by atoms with Gasteiger partial charge in [-0.3, -0.25) is 0 Å². The molecule has 1 atom stereocenters. The summed E-state index contributed by atoms with van der Waals surface area (Å²) in [6.07, 6.45) is 2.28. The predicted octanol–water partition coefficient (Wildman–Crippen LogP) is 2.03. The zero-order chi connectivity index (χ0) is 10.1. The van der Waals surface area contributed by atoms with Crippen molar-refractivity contribution in [2.45, 2.75) is 6.54 Å². The van der Waals surface area contributed by atoms with Crippen molar-refractivity contribution in [3.05, 3.63) is 47.7 Å². The van der Waals surface area contributed by atoms with Gasteiger partial charge in [0.15, 0.2) is 0 Å². The van der Waals surface area contributed by atoms with Gasteiger partial charge in [-0.2, -0.15) is 0 Å². The van der Waals surface area contributed by atoms with E-state index in [2.05, 4.69) is 41.4 Å². The minimum Gasteiger partial charge on any atom is -0.376 e. The first-order valence-corrected chi connectivity index (χ1v) is 5.48. The molecule has 0 N–H and O–H groups in total. The number of nitrogens with zero attached hydrogens (tertiary/aromatic N) is 1. The molecule has 1 unspecified atom stereocenters. The Morgan fingerprint density at radius 1 is 1.27 bits per heavy atom. The van der Waals surface area contributed by atoms with Crippen LogP contribution < -0.4 is 0 Å². The molecule has 0 radical (unpaired) electrons. The molecule has 0 bridgehead atoms. The first kappa shape index (κ1) is 8.98. The third-order valence-corrected chi connectivity index (χ3v) is 3.14. The SMILES string of the molecule is C1=C2COCC2CN1Cc1ccccc1. The molecule has 2 aliphatic heterocycles. The number of hydrogen-bond donors (Lipinski definition) is 0. The lowest BCUT2D eigenvalue weighted by atomic mass is 10.1. The maximum Gasteiger partial charge on any atom is 0.0698 e. The smallest absolute Gasteiger partial charge is 0.0698 e. The molecule has 0 amide bonds. The lowest BCUT2D eigenvalue weighted by molar-refractivity contribution is 0.175. The van der Waals surface area contributed by atoms with E-state index in [9.17, 15) is 0 Å². The first-order valence-electron chi connectivity index (χ1n) is 5.48. The molecule has 0 spiro atoms. The first-order chi connectivity index (χ1) is 7.42. The van der Waals surface area contributed by atoms with Crippen molar-refractivity contribution in [2.24, 2.45) is 5.92 Å². The molecule has 0 saturated carbocycles. The number of benzene rings is 1. The quantitative estimate of drug-likeness (QED) is 0.726. The highest BCUT2D eigenvalue weighted by molar-refractivity contribution is 5.20. The summed E-state index contributed by atoms with van der Waals surface area (Å²) in [5.41, 5.74) is 2.86. The van der Waals surface area contributed by atoms with Crippen molar-refractivity contribution in [1.82, 2.24) is 4.90 Å². The zero-order valence-corrected chi connectivity index (χ0v) is 8.73. The fourth-order valence-electron chi connectivity index (χ4n) is 2.35. The van der Waals surface area contributed by atoms with Crippen LogP contribution in [-0.4, -0.2) is 24.7 Å². The molecule has 15 heavy (non-hydrogen) atoms. The largest absolute Gasteiger partial charge is 0.376 e. The molecule has 1 aromatic carbocycles. The van der Waals surface area contributed by atoms with Gasteiger partial charge in [0.05, 0.1) is 13.2 Å². The Balaban J connectivity index is 1.69. The molecule has 1 saturated heterocycles. The molecule has 2 heteroatoms. The lowest BCUT2D eigenvalue weighted by Gasteiger charge is -2.17. The van der Waals surface area contributed by atoms with Crippen LogP contribution >= 0.6 is 0 Å². The normalized spacial score (nSPS) is 24.1. The van der Waals surface area contributed by atoms with Crippen LogP contribution in [0.15, 0.2) is 42.1 Å². The Labute approximate surface area is 90.2 Å². The Kier molecular flexibility index (Phi) is 2.22. The number of rotatable bonds is 2. The van der Waals surface area contributed by atoms with Gasteiger partial charge in [0.2, 0.25) is 0 Å². The molecule has 2 heterocycles. The second kappa shape index (κ2) is 3.70. The molecule has 2 aliphatic rings. The maximum atomic E-state index is 5.42. The highest BCUT2D eigenvalue weighted by Gasteiger charge is 2.28. The number of hydrogen-bond acceptors (Lipinski definition) is 2. The van der Waals surface area contributed by atoms with Crippen molar-refractivity contribution >= 4 is 0 Å². The Hall–Kier alpha value is -1.28. The van der Waals surface area contributed by atoms with Gasteiger partial charge in [-0.05, 0) is 11.1 Å². The van der Waals surface area contributed by atoms with Crippen LogP contribution in [-0.2, 0) is 11.3 Å². The van der Waals surface area contributed by atoms with Crippen LogP contribution in [0.3, 0.4) is 0 Å². The molecular weight excluding hydrogens is 186 g/mol. The van der Waals surface area contributed by atoms with E-state index in [1.807, 2.05) is 0 Å². The van der Waals surface area contributed by atoms with E-state index in [-0.39, 0.29) is 0 Å². The van der Waals surface area contributed by atoms with Crippen LogP contribution in [0.2, 0.25) is 0 Å². The van der Waals surface area contributed by atoms with E-state index in [4.69, 9.17) is 4.74 Å². The van der Waals surface area contributed by atoms with Gasteiger partial charge < -0.3 is 9.64 Å². The van der Waals surface area contributed by atoms with Gasteiger partial charge in [-0.1, -0.05) is 30.3 Å². The summed E-state index contributed by atoms with van der Waals surface area (Å²) in [6.45, 7) is 3.91. The summed E-state index contributed by atoms with van der Waals surface area (Å²) < 4.78 is 5.42. The third kappa shape index (κ3) is 1.77. The van der Waals surface area contributed by atoms with Gasteiger partial charge in [-0.25, -0.2) is 0 Å². The van der Waals surface area contributed by atoms with Crippen molar-refractivity contribution in [3.63, 3.8) is 0 Å². The standard InChI is InChI=1S/C13H15NO/c1-2-4-11(5-3-1)6-14-7-12-9-15-10-13(12)8-14/h1-5,7,13H,6,8-10H2. The van der Waals surface area contributed by atoms with Gasteiger partial charge >= 0.3 is 0 Å². The van der Waals surface area contributed by atoms with Gasteiger partial charge in [0.1, 0.15) is 0 Å². The summed E-state index contributed by atoms with van der Waals surface area (Å²) in [7, 11) is 0. The molecular formula is C13H15NO. The highest BCUT2D eigenvalue weighted by Crippen LogP contribution is 2.28. The average molecular weight is 201 g/mol. The van der Waals surface area contributed by atoms with E-state index >= 15 is 0 Å². The van der Waals surface area contributed by atoms with Crippen LogP contribution in [0.4, 0.5) is 0 Å². The second-order valence-electron chi connectivity index (χ2n) is 4.33. The minimum atomic E-state index is 0.661. The zero-order valence-electron chi connectivity index (χ0n) is 8.73. The number of fused-ring (bicyclic) bond motifs is 1. The van der Waals surface area contributed by atoms with E-state index in [1.165, 1.54) is 11.1 Å². The Morgan fingerprint density at radius 3 is 2.93 bits per heavy atom. The molecule has 0 aromatic heterocycles. The second-order valence-corrected chi connectivity index (χ2v) is 4.33. The maximum absolute atomic E-state index is 5.42. The highest BCUT2D eigenvalue weighted by atomic mass is 16.5. The average Bonchev–Trinajstić information content (AvgIpc) is 2.79. The molecule has 78 valence electrons. The lowest BCUT2D eigenvalue weighted by Crippen LogP contribution is -2.19. The topological polar surface area (TPSA) is 12.5 Å². The minimum absolute atomic E-state index is 0.661. The Morgan fingerprint density at radius 2 is 2.13 bits per heavy atom. The summed E-state index contributed by atoms with van der Waals surface area (Å²) in [4.78, 5) is 2.40. The fraction of sp³-hybridized carbons (Fsp3) is 0.385. The predicted molar refractivity (Wildman–Crippen MR) is 59.2 cm³/mol. The van der Waals surface area contributed by atoms with Gasteiger partial charge in [0.25, 0.3) is 0 Å². The summed E-state index contributed by atoms with van der Waals surface area (Å²) in [5.74, 6) is 0.661. The summed E-state index contributed by atoms with van der Waals surface area (Å²) >= 11 is 0. The summed E-state index contributed by atoms with van der Waals surface area (Å²) in [5, 5.41) is 0. The van der Waals surface area contributed by atoms with Crippen molar-refractivity contribution in [3.8, 4) is 0 Å². The van der Waals surface area contributed by atoms with Crippen LogP contribution in [0.1, 0.15) is 5.56 Å². The van der Waals surface area contributed by atoms with E-state index in [1.54, 1.807) is 0 Å². The van der Waals surface area contributed by atoms with Crippen LogP contribution in [0, 0.1) is 5.92 Å². The van der Waals surface area contributed by atoms with Gasteiger partial charge in [-0.15, -0.1) is 0 Å².